The highest BCUT2D eigenvalue weighted by Gasteiger charge is 2.77. The van der Waals surface area contributed by atoms with Gasteiger partial charge in [-0.25, -0.2) is 14.1 Å². The van der Waals surface area contributed by atoms with Crippen LogP contribution in [-0.4, -0.2) is 45.6 Å². The number of carbonyl (C=O) groups excluding carboxylic acids is 4. The van der Waals surface area contributed by atoms with Crippen molar-refractivity contribution < 1.29 is 23.6 Å². The van der Waals surface area contributed by atoms with Gasteiger partial charge >= 0.3 is 6.03 Å². The molecule has 176 valence electrons. The third-order valence-corrected chi connectivity index (χ3v) is 7.22. The number of urea groups is 1. The summed E-state index contributed by atoms with van der Waals surface area (Å²) in [5.74, 6) is -3.85. The molecule has 5 amide bonds. The molecule has 3 aliphatic rings. The number of hydrogen-bond donors (Lipinski definition) is 0. The Morgan fingerprint density at radius 1 is 0.971 bits per heavy atom. The van der Waals surface area contributed by atoms with Crippen molar-refractivity contribution in [2.45, 2.75) is 38.8 Å². The molecule has 7 nitrogen and oxygen atoms in total. The van der Waals surface area contributed by atoms with Crippen molar-refractivity contribution in [2.24, 2.45) is 17.8 Å². The van der Waals surface area contributed by atoms with Crippen LogP contribution in [-0.2, 0) is 14.4 Å². The van der Waals surface area contributed by atoms with Crippen LogP contribution in [0.2, 0.25) is 0 Å². The second kappa shape index (κ2) is 7.75. The molecule has 8 heteroatoms. The number of carbonyl (C=O) groups is 4. The predicted molar refractivity (Wildman–Crippen MR) is 122 cm³/mol. The molecule has 4 atom stereocenters. The SMILES string of the molecule is CCN1C(=O)C2C(c3ccccc3)N3C(=O)N(c4cccc(F)c4)C(=O)[C@@]3(CC(C)C)C2C1=O. The molecule has 3 unspecified atom stereocenters. The number of nitrogens with zero attached hydrogens (tertiary/aromatic N) is 3. The molecule has 3 heterocycles. The highest BCUT2D eigenvalue weighted by Crippen LogP contribution is 2.60. The molecule has 0 bridgehead atoms. The highest BCUT2D eigenvalue weighted by atomic mass is 19.1. The zero-order chi connectivity index (χ0) is 24.4. The van der Waals surface area contributed by atoms with Crippen LogP contribution in [0.5, 0.6) is 0 Å². The monoisotopic (exact) mass is 463 g/mol. The zero-order valence-electron chi connectivity index (χ0n) is 19.3. The minimum Gasteiger partial charge on any atom is -0.300 e. The van der Waals surface area contributed by atoms with E-state index in [1.807, 2.05) is 32.0 Å². The summed E-state index contributed by atoms with van der Waals surface area (Å²) in [5, 5.41) is 0. The van der Waals surface area contributed by atoms with Gasteiger partial charge in [0.25, 0.3) is 5.91 Å². The first-order valence-electron chi connectivity index (χ1n) is 11.6. The Morgan fingerprint density at radius 2 is 1.68 bits per heavy atom. The van der Waals surface area contributed by atoms with E-state index >= 15 is 0 Å². The maximum atomic E-state index is 14.2. The molecule has 0 N–H and O–H groups in total. The quantitative estimate of drug-likeness (QED) is 0.500. The van der Waals surface area contributed by atoms with Crippen molar-refractivity contribution in [3.05, 3.63) is 66.0 Å². The maximum absolute atomic E-state index is 14.2. The molecule has 3 aliphatic heterocycles. The standard InChI is InChI=1S/C26H26FN3O4/c1-4-28-22(31)19-20(23(28)32)26(14-15(2)3)24(33)29(18-12-8-11-17(27)13-18)25(34)30(26)21(19)16-9-6-5-7-10-16/h5-13,15,19-21H,4,14H2,1-3H3/t19?,20?,21?,26-/m1/s1. The zero-order valence-corrected chi connectivity index (χ0v) is 19.3. The van der Waals surface area contributed by atoms with Crippen molar-refractivity contribution >= 4 is 29.4 Å². The lowest BCUT2D eigenvalue weighted by Crippen LogP contribution is -2.54. The van der Waals surface area contributed by atoms with Gasteiger partial charge in [-0.3, -0.25) is 19.3 Å². The first-order chi connectivity index (χ1) is 16.2. The summed E-state index contributed by atoms with van der Waals surface area (Å²) in [6, 6.07) is 12.9. The van der Waals surface area contributed by atoms with Crippen molar-refractivity contribution in [1.29, 1.82) is 0 Å². The number of halogens is 1. The van der Waals surface area contributed by atoms with Gasteiger partial charge in [0.05, 0.1) is 23.6 Å². The summed E-state index contributed by atoms with van der Waals surface area (Å²) in [6.45, 7) is 5.75. The van der Waals surface area contributed by atoms with Crippen molar-refractivity contribution in [1.82, 2.24) is 9.80 Å². The lowest BCUT2D eigenvalue weighted by atomic mass is 9.74. The van der Waals surface area contributed by atoms with Gasteiger partial charge in [-0.2, -0.15) is 0 Å². The van der Waals surface area contributed by atoms with Crippen LogP contribution in [0, 0.1) is 23.6 Å². The van der Waals surface area contributed by atoms with Gasteiger partial charge in [0.15, 0.2) is 0 Å². The van der Waals surface area contributed by atoms with Gasteiger partial charge < -0.3 is 4.90 Å². The maximum Gasteiger partial charge on any atom is 0.332 e. The number of rotatable bonds is 5. The van der Waals surface area contributed by atoms with Crippen LogP contribution in [0.1, 0.15) is 38.8 Å². The van der Waals surface area contributed by atoms with Gasteiger partial charge in [0.2, 0.25) is 11.8 Å². The molecule has 5 rings (SSSR count). The van der Waals surface area contributed by atoms with Gasteiger partial charge in [0.1, 0.15) is 11.4 Å². The van der Waals surface area contributed by atoms with E-state index in [-0.39, 0.29) is 30.5 Å². The molecule has 3 saturated heterocycles. The topological polar surface area (TPSA) is 78.0 Å². The number of fused-ring (bicyclic) bond motifs is 3. The fourth-order valence-electron chi connectivity index (χ4n) is 6.14. The van der Waals surface area contributed by atoms with E-state index in [9.17, 15) is 23.6 Å². The van der Waals surface area contributed by atoms with E-state index in [2.05, 4.69) is 0 Å². The number of hydrogen-bond acceptors (Lipinski definition) is 4. The first-order valence-corrected chi connectivity index (χ1v) is 11.6. The molecule has 2 aromatic rings. The fraction of sp³-hybridized carbons (Fsp3) is 0.385. The third kappa shape index (κ3) is 2.80. The van der Waals surface area contributed by atoms with Gasteiger partial charge in [-0.05, 0) is 43.0 Å². The number of likely N-dealkylation sites (tertiary alicyclic amines) is 1. The van der Waals surface area contributed by atoms with E-state index in [0.717, 1.165) is 11.0 Å². The Hall–Kier alpha value is -3.55. The van der Waals surface area contributed by atoms with Crippen molar-refractivity contribution in [3.8, 4) is 0 Å². The van der Waals surface area contributed by atoms with Gasteiger partial charge in [-0.15, -0.1) is 0 Å². The number of imide groups is 2. The molecule has 0 saturated carbocycles. The molecule has 2 aromatic carbocycles. The summed E-state index contributed by atoms with van der Waals surface area (Å²) < 4.78 is 14.1. The molecule has 0 spiro atoms. The number of anilines is 1. The molecular weight excluding hydrogens is 437 g/mol. The summed E-state index contributed by atoms with van der Waals surface area (Å²) >= 11 is 0. The Bertz CT molecular complexity index is 1200. The van der Waals surface area contributed by atoms with Gasteiger partial charge in [0, 0.05) is 6.54 Å². The summed E-state index contributed by atoms with van der Waals surface area (Å²) in [4.78, 5) is 58.9. The Morgan fingerprint density at radius 3 is 2.29 bits per heavy atom. The first kappa shape index (κ1) is 22.3. The van der Waals surface area contributed by atoms with Crippen LogP contribution in [0.25, 0.3) is 0 Å². The van der Waals surface area contributed by atoms with E-state index in [4.69, 9.17) is 0 Å². The number of benzene rings is 2. The fourth-order valence-corrected chi connectivity index (χ4v) is 6.14. The Balaban J connectivity index is 1.77. The third-order valence-electron chi connectivity index (χ3n) is 7.22. The highest BCUT2D eigenvalue weighted by molar-refractivity contribution is 6.26. The van der Waals surface area contributed by atoms with E-state index in [1.165, 1.54) is 28.0 Å². The molecule has 0 aliphatic carbocycles. The molecule has 3 fully saturated rings. The smallest absolute Gasteiger partial charge is 0.300 e. The van der Waals surface area contributed by atoms with Crippen LogP contribution in [0.3, 0.4) is 0 Å². The predicted octanol–water partition coefficient (Wildman–Crippen LogP) is 3.76. The van der Waals surface area contributed by atoms with Crippen LogP contribution < -0.4 is 4.90 Å². The second-order valence-corrected chi connectivity index (χ2v) is 9.57. The summed E-state index contributed by atoms with van der Waals surface area (Å²) in [6.07, 6.45) is 0.213. The van der Waals surface area contributed by atoms with Crippen LogP contribution in [0.4, 0.5) is 14.9 Å². The molecular formula is C26H26FN3O4. The summed E-state index contributed by atoms with van der Waals surface area (Å²) in [5.41, 5.74) is -0.733. The Labute approximate surface area is 197 Å². The van der Waals surface area contributed by atoms with E-state index in [0.29, 0.717) is 5.56 Å². The van der Waals surface area contributed by atoms with Crippen molar-refractivity contribution in [2.75, 3.05) is 11.4 Å². The second-order valence-electron chi connectivity index (χ2n) is 9.57. The minimum absolute atomic E-state index is 0.0551. The Kier molecular flexibility index (Phi) is 5.07. The molecule has 0 aromatic heterocycles. The summed E-state index contributed by atoms with van der Waals surface area (Å²) in [7, 11) is 0. The largest absolute Gasteiger partial charge is 0.332 e. The van der Waals surface area contributed by atoms with Crippen LogP contribution >= 0.6 is 0 Å². The van der Waals surface area contributed by atoms with Gasteiger partial charge in [-0.1, -0.05) is 50.2 Å². The van der Waals surface area contributed by atoms with Crippen molar-refractivity contribution in [3.63, 3.8) is 0 Å². The normalized spacial score (nSPS) is 28.4. The van der Waals surface area contributed by atoms with E-state index in [1.54, 1.807) is 19.1 Å². The average Bonchev–Trinajstić information content (AvgIpc) is 3.31. The molecule has 0 radical (unpaired) electrons. The van der Waals surface area contributed by atoms with E-state index < -0.39 is 47.1 Å². The minimum atomic E-state index is -1.53. The van der Waals surface area contributed by atoms with Crippen LogP contribution in [0.15, 0.2) is 54.6 Å². The lowest BCUT2D eigenvalue weighted by Gasteiger charge is -2.36. The average molecular weight is 464 g/mol. The number of amides is 5. The lowest BCUT2D eigenvalue weighted by molar-refractivity contribution is -0.144. The molecule has 34 heavy (non-hydrogen) atoms.